The highest BCUT2D eigenvalue weighted by Gasteiger charge is 2.05. The van der Waals surface area contributed by atoms with E-state index < -0.39 is 0 Å². The molecule has 0 fully saturated rings. The molecule has 3 heteroatoms. The Bertz CT molecular complexity index is 718. The van der Waals surface area contributed by atoms with Crippen LogP contribution in [0, 0.1) is 0 Å². The summed E-state index contributed by atoms with van der Waals surface area (Å²) in [5.74, 6) is -0.0211. The lowest BCUT2D eigenvalue weighted by molar-refractivity contribution is -0.116. The van der Waals surface area contributed by atoms with Crippen molar-refractivity contribution in [2.45, 2.75) is 45.4 Å². The van der Waals surface area contributed by atoms with Gasteiger partial charge in [-0.3, -0.25) is 9.59 Å². The Kier molecular flexibility index (Phi) is 8.34. The number of carbonyl (C=O) groups is 2. The largest absolute Gasteiger partial charge is 0.326 e. The van der Waals surface area contributed by atoms with E-state index in [0.717, 1.165) is 24.1 Å². The van der Waals surface area contributed by atoms with Crippen LogP contribution in [0.3, 0.4) is 0 Å². The van der Waals surface area contributed by atoms with E-state index in [0.29, 0.717) is 12.0 Å². The van der Waals surface area contributed by atoms with Gasteiger partial charge in [0.2, 0.25) is 5.91 Å². The number of benzene rings is 2. The van der Waals surface area contributed by atoms with Crippen LogP contribution in [0.25, 0.3) is 6.08 Å². The van der Waals surface area contributed by atoms with Gasteiger partial charge < -0.3 is 5.32 Å². The maximum atomic E-state index is 12.2. The maximum absolute atomic E-state index is 12.2. The second-order valence-electron chi connectivity index (χ2n) is 6.40. The molecule has 0 saturated heterocycles. The minimum absolute atomic E-state index is 0.0320. The van der Waals surface area contributed by atoms with E-state index in [-0.39, 0.29) is 11.7 Å². The third-order valence-electron chi connectivity index (χ3n) is 4.19. The van der Waals surface area contributed by atoms with Crippen molar-refractivity contribution in [1.29, 1.82) is 0 Å². The number of rotatable bonds is 10. The molecular weight excluding hydrogens is 322 g/mol. The van der Waals surface area contributed by atoms with Crippen LogP contribution in [0.15, 0.2) is 60.7 Å². The Balaban J connectivity index is 1.81. The molecule has 0 aromatic heterocycles. The van der Waals surface area contributed by atoms with Gasteiger partial charge in [-0.1, -0.05) is 69.0 Å². The maximum Gasteiger partial charge on any atom is 0.224 e. The Morgan fingerprint density at radius 3 is 2.27 bits per heavy atom. The zero-order valence-corrected chi connectivity index (χ0v) is 15.4. The Morgan fingerprint density at radius 2 is 1.58 bits per heavy atom. The van der Waals surface area contributed by atoms with E-state index >= 15 is 0 Å². The highest BCUT2D eigenvalue weighted by atomic mass is 16.1. The number of nitrogens with one attached hydrogen (secondary N) is 1. The Morgan fingerprint density at radius 1 is 0.885 bits per heavy atom. The van der Waals surface area contributed by atoms with E-state index in [2.05, 4.69) is 12.2 Å². The van der Waals surface area contributed by atoms with Gasteiger partial charge in [0, 0.05) is 17.7 Å². The molecule has 0 aliphatic heterocycles. The van der Waals surface area contributed by atoms with Gasteiger partial charge in [-0.15, -0.1) is 0 Å². The summed E-state index contributed by atoms with van der Waals surface area (Å²) in [6.07, 6.45) is 9.57. The zero-order chi connectivity index (χ0) is 18.6. The molecule has 3 nitrogen and oxygen atoms in total. The number of allylic oxidation sites excluding steroid dienone is 1. The monoisotopic (exact) mass is 349 g/mol. The molecule has 26 heavy (non-hydrogen) atoms. The molecule has 0 saturated carbocycles. The van der Waals surface area contributed by atoms with Crippen LogP contribution < -0.4 is 5.32 Å². The van der Waals surface area contributed by atoms with E-state index in [1.807, 2.05) is 30.3 Å². The first kappa shape index (κ1) is 19.6. The summed E-state index contributed by atoms with van der Waals surface area (Å²) in [5.41, 5.74) is 2.32. The number of carbonyl (C=O) groups excluding carboxylic acids is 2. The fourth-order valence-corrected chi connectivity index (χ4v) is 2.66. The molecule has 2 rings (SSSR count). The quantitative estimate of drug-likeness (QED) is 0.331. The Labute approximate surface area is 156 Å². The number of unbranched alkanes of at least 4 members (excludes halogenated alkanes) is 4. The molecule has 0 radical (unpaired) electrons. The molecule has 0 bridgehead atoms. The van der Waals surface area contributed by atoms with Crippen LogP contribution in [-0.2, 0) is 4.79 Å². The summed E-state index contributed by atoms with van der Waals surface area (Å²) in [7, 11) is 0. The molecule has 1 amide bonds. The number of anilines is 1. The fourth-order valence-electron chi connectivity index (χ4n) is 2.66. The van der Waals surface area contributed by atoms with Crippen molar-refractivity contribution >= 4 is 23.5 Å². The van der Waals surface area contributed by atoms with Crippen molar-refractivity contribution in [3.05, 3.63) is 71.8 Å². The first-order valence-electron chi connectivity index (χ1n) is 9.36. The minimum Gasteiger partial charge on any atom is -0.326 e. The molecule has 136 valence electrons. The van der Waals surface area contributed by atoms with Crippen LogP contribution in [0.1, 0.15) is 61.4 Å². The molecule has 0 unspecified atom stereocenters. The summed E-state index contributed by atoms with van der Waals surface area (Å²) in [5, 5.41) is 2.89. The van der Waals surface area contributed by atoms with Crippen LogP contribution in [-0.4, -0.2) is 11.7 Å². The molecule has 0 aliphatic rings. The molecule has 1 N–H and O–H groups in total. The summed E-state index contributed by atoms with van der Waals surface area (Å²) < 4.78 is 0. The lowest BCUT2D eigenvalue weighted by Gasteiger charge is -2.06. The number of amides is 1. The van der Waals surface area contributed by atoms with Gasteiger partial charge in [-0.2, -0.15) is 0 Å². The molecule has 0 heterocycles. The first-order chi connectivity index (χ1) is 12.7. The van der Waals surface area contributed by atoms with Crippen molar-refractivity contribution in [2.24, 2.45) is 0 Å². The van der Waals surface area contributed by atoms with Crippen LogP contribution >= 0.6 is 0 Å². The van der Waals surface area contributed by atoms with E-state index in [4.69, 9.17) is 0 Å². The molecule has 2 aromatic rings. The van der Waals surface area contributed by atoms with Crippen molar-refractivity contribution in [3.63, 3.8) is 0 Å². The molecular formula is C23H27NO2. The van der Waals surface area contributed by atoms with Gasteiger partial charge in [0.25, 0.3) is 0 Å². The van der Waals surface area contributed by atoms with Gasteiger partial charge in [0.05, 0.1) is 0 Å². The van der Waals surface area contributed by atoms with E-state index in [9.17, 15) is 9.59 Å². The normalized spacial score (nSPS) is 10.8. The van der Waals surface area contributed by atoms with Crippen molar-refractivity contribution in [3.8, 4) is 0 Å². The van der Waals surface area contributed by atoms with Crippen LogP contribution in [0.2, 0.25) is 0 Å². The average Bonchev–Trinajstić information content (AvgIpc) is 2.67. The third-order valence-corrected chi connectivity index (χ3v) is 4.19. The lowest BCUT2D eigenvalue weighted by atomic mass is 10.1. The summed E-state index contributed by atoms with van der Waals surface area (Å²) in [4.78, 5) is 24.1. The zero-order valence-electron chi connectivity index (χ0n) is 15.4. The predicted molar refractivity (Wildman–Crippen MR) is 108 cm³/mol. The average molecular weight is 349 g/mol. The van der Waals surface area contributed by atoms with Crippen molar-refractivity contribution in [1.82, 2.24) is 0 Å². The second kappa shape index (κ2) is 11.0. The van der Waals surface area contributed by atoms with E-state index in [1.54, 1.807) is 36.4 Å². The molecule has 0 aliphatic carbocycles. The fraction of sp³-hybridized carbons (Fsp3) is 0.304. The van der Waals surface area contributed by atoms with Gasteiger partial charge in [-0.25, -0.2) is 0 Å². The van der Waals surface area contributed by atoms with Crippen LogP contribution in [0.5, 0.6) is 0 Å². The highest BCUT2D eigenvalue weighted by molar-refractivity contribution is 6.07. The van der Waals surface area contributed by atoms with Crippen LogP contribution in [0.4, 0.5) is 5.69 Å². The summed E-state index contributed by atoms with van der Waals surface area (Å²) in [6, 6.07) is 16.8. The van der Waals surface area contributed by atoms with Gasteiger partial charge in [0.15, 0.2) is 5.78 Å². The third kappa shape index (κ3) is 7.06. The number of hydrogen-bond donors (Lipinski definition) is 1. The smallest absolute Gasteiger partial charge is 0.224 e. The predicted octanol–water partition coefficient (Wildman–Crippen LogP) is 5.88. The topological polar surface area (TPSA) is 46.2 Å². The summed E-state index contributed by atoms with van der Waals surface area (Å²) >= 11 is 0. The number of ketones is 1. The second-order valence-corrected chi connectivity index (χ2v) is 6.40. The van der Waals surface area contributed by atoms with Crippen molar-refractivity contribution in [2.75, 3.05) is 5.32 Å². The Hall–Kier alpha value is -2.68. The molecule has 2 aromatic carbocycles. The minimum atomic E-state index is -0.0531. The highest BCUT2D eigenvalue weighted by Crippen LogP contribution is 2.13. The van der Waals surface area contributed by atoms with Gasteiger partial charge in [-0.05, 0) is 42.3 Å². The first-order valence-corrected chi connectivity index (χ1v) is 9.36. The van der Waals surface area contributed by atoms with Gasteiger partial charge in [0.1, 0.15) is 0 Å². The van der Waals surface area contributed by atoms with Crippen molar-refractivity contribution < 1.29 is 9.59 Å². The number of hydrogen-bond acceptors (Lipinski definition) is 2. The molecule has 0 atom stereocenters. The molecule has 0 spiro atoms. The SMILES string of the molecule is CCCCCCCC(=O)Nc1ccc(C(=O)C=Cc2ccccc2)cc1. The standard InChI is InChI=1S/C23H27NO2/c1-2-3-4-5-9-12-23(26)24-21-16-14-20(15-17-21)22(25)18-13-19-10-7-6-8-11-19/h6-8,10-11,13-18H,2-5,9,12H2,1H3,(H,24,26). The van der Waals surface area contributed by atoms with E-state index in [1.165, 1.54) is 19.3 Å². The van der Waals surface area contributed by atoms with Gasteiger partial charge >= 0.3 is 0 Å². The summed E-state index contributed by atoms with van der Waals surface area (Å²) in [6.45, 7) is 2.18. The lowest BCUT2D eigenvalue weighted by Crippen LogP contribution is -2.11.